The fourth-order valence-corrected chi connectivity index (χ4v) is 4.19. The minimum atomic E-state index is -0.526. The van der Waals surface area contributed by atoms with Gasteiger partial charge >= 0.3 is 0 Å². The molecule has 0 saturated carbocycles. The van der Waals surface area contributed by atoms with Crippen LogP contribution in [0.1, 0.15) is 47.0 Å². The number of aryl methyl sites for hydroxylation is 1. The van der Waals surface area contributed by atoms with Crippen LogP contribution in [0, 0.1) is 6.92 Å². The summed E-state index contributed by atoms with van der Waals surface area (Å²) in [6.45, 7) is 1.84. The minimum Gasteiger partial charge on any atom is -0.399 e. The van der Waals surface area contributed by atoms with Crippen molar-refractivity contribution in [3.05, 3.63) is 119 Å². The van der Waals surface area contributed by atoms with Crippen LogP contribution in [0.5, 0.6) is 0 Å². The molecule has 1 heterocycles. The lowest BCUT2D eigenvalue weighted by Crippen LogP contribution is -2.29. The van der Waals surface area contributed by atoms with Crippen LogP contribution in [0.25, 0.3) is 0 Å². The van der Waals surface area contributed by atoms with Crippen molar-refractivity contribution in [2.45, 2.75) is 6.92 Å². The number of carbonyl (C=O) groups is 4. The number of benzene rings is 4. The Labute approximate surface area is 212 Å². The van der Waals surface area contributed by atoms with Gasteiger partial charge in [-0.25, -0.2) is 4.90 Å². The first kappa shape index (κ1) is 23.5. The fourth-order valence-electron chi connectivity index (χ4n) is 4.19. The standard InChI is InChI=1S/C29H22N4O4/c1-17-6-2-3-11-23(17)27(35)32-20-9-5-10-22(15-20)33-28(36)24-13-12-21(16-25(24)29(33)37)31-26(34)18-7-4-8-19(30)14-18/h2-16H,30H2,1H3,(H,31,34)(H,32,35). The van der Waals surface area contributed by atoms with E-state index in [0.29, 0.717) is 33.9 Å². The van der Waals surface area contributed by atoms with Gasteiger partial charge in [0.1, 0.15) is 0 Å². The number of hydrogen-bond donors (Lipinski definition) is 3. The third-order valence-corrected chi connectivity index (χ3v) is 6.05. The van der Waals surface area contributed by atoms with Crippen molar-refractivity contribution < 1.29 is 19.2 Å². The van der Waals surface area contributed by atoms with Gasteiger partial charge in [-0.2, -0.15) is 0 Å². The molecular weight excluding hydrogens is 468 g/mol. The lowest BCUT2D eigenvalue weighted by molar-refractivity contribution is 0.0924. The Morgan fingerprint density at radius 2 is 1.41 bits per heavy atom. The molecule has 5 rings (SSSR count). The monoisotopic (exact) mass is 490 g/mol. The molecule has 4 aromatic carbocycles. The van der Waals surface area contributed by atoms with Gasteiger partial charge in [-0.3, -0.25) is 19.2 Å². The second-order valence-electron chi connectivity index (χ2n) is 8.61. The molecule has 8 nitrogen and oxygen atoms in total. The topological polar surface area (TPSA) is 122 Å². The van der Waals surface area contributed by atoms with Crippen LogP contribution in [-0.4, -0.2) is 23.6 Å². The zero-order valence-electron chi connectivity index (χ0n) is 19.8. The molecule has 4 amide bonds. The Balaban J connectivity index is 1.37. The number of amides is 4. The molecule has 0 aliphatic carbocycles. The van der Waals surface area contributed by atoms with E-state index in [1.54, 1.807) is 66.7 Å². The molecule has 37 heavy (non-hydrogen) atoms. The van der Waals surface area contributed by atoms with Crippen LogP contribution >= 0.6 is 0 Å². The summed E-state index contributed by atoms with van der Waals surface area (Å²) < 4.78 is 0. The van der Waals surface area contributed by atoms with Crippen LogP contribution in [0.2, 0.25) is 0 Å². The predicted molar refractivity (Wildman–Crippen MR) is 142 cm³/mol. The first-order chi connectivity index (χ1) is 17.8. The summed E-state index contributed by atoms with van der Waals surface area (Å²) in [5, 5.41) is 5.55. The highest BCUT2D eigenvalue weighted by Crippen LogP contribution is 2.32. The maximum atomic E-state index is 13.2. The van der Waals surface area contributed by atoms with Crippen molar-refractivity contribution in [2.24, 2.45) is 0 Å². The Morgan fingerprint density at radius 1 is 0.703 bits per heavy atom. The summed E-state index contributed by atoms with van der Waals surface area (Å²) in [6.07, 6.45) is 0. The highest BCUT2D eigenvalue weighted by Gasteiger charge is 2.37. The second-order valence-corrected chi connectivity index (χ2v) is 8.61. The number of fused-ring (bicyclic) bond motifs is 1. The molecule has 4 N–H and O–H groups in total. The number of nitrogen functional groups attached to an aromatic ring is 1. The normalized spacial score (nSPS) is 12.3. The Hall–Kier alpha value is -5.24. The number of imide groups is 1. The van der Waals surface area contributed by atoms with Crippen LogP contribution < -0.4 is 21.3 Å². The minimum absolute atomic E-state index is 0.171. The van der Waals surface area contributed by atoms with Crippen LogP contribution in [0.4, 0.5) is 22.7 Å². The van der Waals surface area contributed by atoms with Crippen LogP contribution in [-0.2, 0) is 0 Å². The molecule has 0 atom stereocenters. The molecule has 182 valence electrons. The zero-order valence-corrected chi connectivity index (χ0v) is 19.8. The van der Waals surface area contributed by atoms with E-state index in [1.165, 1.54) is 12.1 Å². The molecule has 8 heteroatoms. The number of hydrogen-bond acceptors (Lipinski definition) is 5. The van der Waals surface area contributed by atoms with E-state index >= 15 is 0 Å². The van der Waals surface area contributed by atoms with Gasteiger partial charge in [0.2, 0.25) is 0 Å². The van der Waals surface area contributed by atoms with Crippen molar-refractivity contribution in [1.29, 1.82) is 0 Å². The molecule has 0 unspecified atom stereocenters. The first-order valence-corrected chi connectivity index (χ1v) is 11.5. The van der Waals surface area contributed by atoms with E-state index in [9.17, 15) is 19.2 Å². The van der Waals surface area contributed by atoms with Gasteiger partial charge in [0.05, 0.1) is 16.8 Å². The van der Waals surface area contributed by atoms with Gasteiger partial charge in [0.15, 0.2) is 0 Å². The van der Waals surface area contributed by atoms with E-state index in [0.717, 1.165) is 10.5 Å². The average Bonchev–Trinajstić information content (AvgIpc) is 3.13. The number of nitrogens with two attached hydrogens (primary N) is 1. The maximum absolute atomic E-state index is 13.2. The summed E-state index contributed by atoms with van der Waals surface area (Å²) in [4.78, 5) is 52.7. The highest BCUT2D eigenvalue weighted by atomic mass is 16.2. The van der Waals surface area contributed by atoms with E-state index < -0.39 is 17.7 Å². The number of rotatable bonds is 5. The number of nitrogens with one attached hydrogen (secondary N) is 2. The fraction of sp³-hybridized carbons (Fsp3) is 0.0345. The summed E-state index contributed by atoms with van der Waals surface area (Å²) in [6, 6.07) is 24.8. The molecule has 0 radical (unpaired) electrons. The second kappa shape index (κ2) is 9.43. The van der Waals surface area contributed by atoms with Crippen LogP contribution in [0.3, 0.4) is 0 Å². The lowest BCUT2D eigenvalue weighted by Gasteiger charge is -2.15. The van der Waals surface area contributed by atoms with Gasteiger partial charge in [0.25, 0.3) is 23.6 Å². The molecule has 1 aliphatic heterocycles. The zero-order chi connectivity index (χ0) is 26.1. The van der Waals surface area contributed by atoms with Crippen molar-refractivity contribution in [2.75, 3.05) is 21.3 Å². The van der Waals surface area contributed by atoms with E-state index in [-0.39, 0.29) is 17.0 Å². The predicted octanol–water partition coefficient (Wildman–Crippen LogP) is 4.88. The Morgan fingerprint density at radius 3 is 2.19 bits per heavy atom. The molecule has 1 aliphatic rings. The van der Waals surface area contributed by atoms with Crippen LogP contribution in [0.15, 0.2) is 91.0 Å². The van der Waals surface area contributed by atoms with Crippen molar-refractivity contribution >= 4 is 46.4 Å². The number of anilines is 4. The van der Waals surface area contributed by atoms with Gasteiger partial charge in [-0.15, -0.1) is 0 Å². The van der Waals surface area contributed by atoms with Gasteiger partial charge in [-0.05, 0) is 73.2 Å². The van der Waals surface area contributed by atoms with Gasteiger partial charge < -0.3 is 16.4 Å². The highest BCUT2D eigenvalue weighted by molar-refractivity contribution is 6.34. The molecule has 0 saturated heterocycles. The Kier molecular flexibility index (Phi) is 5.99. The molecule has 0 bridgehead atoms. The quantitative estimate of drug-likeness (QED) is 0.272. The molecule has 0 aromatic heterocycles. The van der Waals surface area contributed by atoms with E-state index in [4.69, 9.17) is 5.73 Å². The van der Waals surface area contributed by atoms with Crippen molar-refractivity contribution in [1.82, 2.24) is 0 Å². The van der Waals surface area contributed by atoms with Crippen molar-refractivity contribution in [3.8, 4) is 0 Å². The first-order valence-electron chi connectivity index (χ1n) is 11.5. The summed E-state index contributed by atoms with van der Waals surface area (Å²) in [5.41, 5.74) is 9.46. The maximum Gasteiger partial charge on any atom is 0.266 e. The lowest BCUT2D eigenvalue weighted by atomic mass is 10.1. The molecule has 0 spiro atoms. The summed E-state index contributed by atoms with van der Waals surface area (Å²) >= 11 is 0. The van der Waals surface area contributed by atoms with Gasteiger partial charge in [0, 0.05) is 28.2 Å². The molecular formula is C29H22N4O4. The number of carbonyl (C=O) groups excluding carboxylic acids is 4. The largest absolute Gasteiger partial charge is 0.399 e. The Bertz CT molecular complexity index is 1590. The summed E-state index contributed by atoms with van der Waals surface area (Å²) in [5.74, 6) is -1.70. The van der Waals surface area contributed by atoms with Gasteiger partial charge in [-0.1, -0.05) is 30.3 Å². The van der Waals surface area contributed by atoms with Crippen molar-refractivity contribution in [3.63, 3.8) is 0 Å². The smallest absolute Gasteiger partial charge is 0.266 e. The number of nitrogens with zero attached hydrogens (tertiary/aromatic N) is 1. The SMILES string of the molecule is Cc1ccccc1C(=O)Nc1cccc(N2C(=O)c3ccc(NC(=O)c4cccc(N)c4)cc3C2=O)c1. The molecule has 0 fully saturated rings. The third-order valence-electron chi connectivity index (χ3n) is 6.05. The average molecular weight is 491 g/mol. The van der Waals surface area contributed by atoms with E-state index in [1.807, 2.05) is 19.1 Å². The van der Waals surface area contributed by atoms with E-state index in [2.05, 4.69) is 10.6 Å². The third kappa shape index (κ3) is 4.55. The summed E-state index contributed by atoms with van der Waals surface area (Å²) in [7, 11) is 0. The molecule has 4 aromatic rings.